The number of carbonyl (C=O) groups is 2. The van der Waals surface area contributed by atoms with Gasteiger partial charge in [-0.3, -0.25) is 4.79 Å². The van der Waals surface area contributed by atoms with E-state index in [1.165, 1.54) is 7.11 Å². The molecule has 0 radical (unpaired) electrons. The average molecular weight is 257 g/mol. The number of nitrogens with zero attached hydrogens (tertiary/aromatic N) is 1. The predicted molar refractivity (Wildman–Crippen MR) is 67.1 cm³/mol. The minimum absolute atomic E-state index is 0.233. The Bertz CT molecular complexity index is 321. The molecule has 0 saturated carbocycles. The Morgan fingerprint density at radius 2 is 1.89 bits per heavy atom. The Balaban J connectivity index is 2.64. The number of likely N-dealkylation sites (tertiary alicyclic amines) is 1. The van der Waals surface area contributed by atoms with E-state index in [1.54, 1.807) is 4.90 Å². The zero-order valence-electron chi connectivity index (χ0n) is 11.9. The van der Waals surface area contributed by atoms with Gasteiger partial charge < -0.3 is 14.4 Å². The van der Waals surface area contributed by atoms with Crippen molar-refractivity contribution in [1.29, 1.82) is 0 Å². The maximum absolute atomic E-state index is 11.9. The summed E-state index contributed by atoms with van der Waals surface area (Å²) in [7, 11) is 1.38. The zero-order valence-corrected chi connectivity index (χ0v) is 11.9. The van der Waals surface area contributed by atoms with Crippen molar-refractivity contribution in [1.82, 2.24) is 4.90 Å². The molecule has 1 saturated heterocycles. The highest BCUT2D eigenvalue weighted by molar-refractivity contribution is 5.75. The lowest BCUT2D eigenvalue weighted by atomic mass is 9.87. The van der Waals surface area contributed by atoms with Crippen LogP contribution in [0.1, 0.15) is 34.1 Å². The normalized spacial score (nSPS) is 24.6. The lowest BCUT2D eigenvalue weighted by Gasteiger charge is -2.36. The molecule has 0 aromatic carbocycles. The zero-order chi connectivity index (χ0) is 13.9. The lowest BCUT2D eigenvalue weighted by molar-refractivity contribution is -0.149. The average Bonchev–Trinajstić information content (AvgIpc) is 2.26. The number of hydrogen-bond donors (Lipinski definition) is 0. The third-order valence-electron chi connectivity index (χ3n) is 3.11. The Morgan fingerprint density at radius 3 is 2.39 bits per heavy atom. The van der Waals surface area contributed by atoms with E-state index >= 15 is 0 Å². The summed E-state index contributed by atoms with van der Waals surface area (Å²) < 4.78 is 10.1. The van der Waals surface area contributed by atoms with Crippen molar-refractivity contribution in [3.63, 3.8) is 0 Å². The molecule has 0 spiro atoms. The molecule has 1 rings (SSSR count). The van der Waals surface area contributed by atoms with Gasteiger partial charge in [-0.05, 0) is 33.1 Å². The van der Waals surface area contributed by atoms with E-state index in [1.807, 2.05) is 27.7 Å². The smallest absolute Gasteiger partial charge is 0.410 e. The van der Waals surface area contributed by atoms with E-state index in [0.29, 0.717) is 13.1 Å². The minimum Gasteiger partial charge on any atom is -0.469 e. The maximum Gasteiger partial charge on any atom is 0.410 e. The summed E-state index contributed by atoms with van der Waals surface area (Å²) in [6.07, 6.45) is 0.433. The molecule has 1 aliphatic rings. The molecule has 5 heteroatoms. The summed E-state index contributed by atoms with van der Waals surface area (Å²) in [5.41, 5.74) is -0.513. The molecule has 1 heterocycles. The second-order valence-corrected chi connectivity index (χ2v) is 5.82. The van der Waals surface area contributed by atoms with E-state index in [0.717, 1.165) is 6.42 Å². The SMILES string of the molecule is COC(=O)[C@H]1CN(C(=O)OC(C)(C)C)CC[C@@H]1C. The number of piperidine rings is 1. The van der Waals surface area contributed by atoms with E-state index in [4.69, 9.17) is 9.47 Å². The fourth-order valence-electron chi connectivity index (χ4n) is 2.02. The molecular formula is C13H23NO4. The molecule has 2 atom stereocenters. The Kier molecular flexibility index (Phi) is 4.59. The lowest BCUT2D eigenvalue weighted by Crippen LogP contribution is -2.47. The van der Waals surface area contributed by atoms with E-state index in [-0.39, 0.29) is 23.9 Å². The Morgan fingerprint density at radius 1 is 1.28 bits per heavy atom. The van der Waals surface area contributed by atoms with Crippen LogP contribution in [0.3, 0.4) is 0 Å². The number of carbonyl (C=O) groups excluding carboxylic acids is 2. The topological polar surface area (TPSA) is 55.8 Å². The van der Waals surface area contributed by atoms with Crippen molar-refractivity contribution in [3.8, 4) is 0 Å². The largest absolute Gasteiger partial charge is 0.469 e. The van der Waals surface area contributed by atoms with Gasteiger partial charge in [-0.2, -0.15) is 0 Å². The van der Waals surface area contributed by atoms with E-state index in [9.17, 15) is 9.59 Å². The van der Waals surface area contributed by atoms with Gasteiger partial charge in [-0.1, -0.05) is 6.92 Å². The van der Waals surface area contributed by atoms with Crippen LogP contribution in [0.2, 0.25) is 0 Å². The number of methoxy groups -OCH3 is 1. The second kappa shape index (κ2) is 5.59. The highest BCUT2D eigenvalue weighted by atomic mass is 16.6. The van der Waals surface area contributed by atoms with Crippen molar-refractivity contribution < 1.29 is 19.1 Å². The van der Waals surface area contributed by atoms with Gasteiger partial charge in [0.15, 0.2) is 0 Å². The molecule has 1 amide bonds. The van der Waals surface area contributed by atoms with Crippen LogP contribution >= 0.6 is 0 Å². The summed E-state index contributed by atoms with van der Waals surface area (Å²) in [4.78, 5) is 25.1. The van der Waals surface area contributed by atoms with Crippen molar-refractivity contribution in [2.24, 2.45) is 11.8 Å². The molecule has 1 fully saturated rings. The monoisotopic (exact) mass is 257 g/mol. The first-order valence-electron chi connectivity index (χ1n) is 6.30. The predicted octanol–water partition coefficient (Wildman–Crippen LogP) is 2.05. The van der Waals surface area contributed by atoms with Crippen LogP contribution in [0.5, 0.6) is 0 Å². The summed E-state index contributed by atoms with van der Waals surface area (Å²) in [5.74, 6) is -0.275. The van der Waals surface area contributed by atoms with Gasteiger partial charge in [0.2, 0.25) is 0 Å². The first-order chi connectivity index (χ1) is 8.24. The highest BCUT2D eigenvalue weighted by Gasteiger charge is 2.35. The van der Waals surface area contributed by atoms with Crippen molar-refractivity contribution >= 4 is 12.1 Å². The molecule has 0 aliphatic carbocycles. The van der Waals surface area contributed by atoms with Crippen molar-refractivity contribution in [2.75, 3.05) is 20.2 Å². The first kappa shape index (κ1) is 14.8. The molecule has 18 heavy (non-hydrogen) atoms. The van der Waals surface area contributed by atoms with Crippen LogP contribution in [0.15, 0.2) is 0 Å². The fourth-order valence-corrected chi connectivity index (χ4v) is 2.02. The molecule has 1 aliphatic heterocycles. The number of hydrogen-bond acceptors (Lipinski definition) is 4. The summed E-state index contributed by atoms with van der Waals surface area (Å²) >= 11 is 0. The van der Waals surface area contributed by atoms with Gasteiger partial charge in [0, 0.05) is 13.1 Å². The van der Waals surface area contributed by atoms with Gasteiger partial charge in [0.25, 0.3) is 0 Å². The van der Waals surface area contributed by atoms with E-state index < -0.39 is 5.60 Å². The Labute approximate surface area is 108 Å². The summed E-state index contributed by atoms with van der Waals surface area (Å²) in [5, 5.41) is 0. The number of ether oxygens (including phenoxy) is 2. The van der Waals surface area contributed by atoms with Crippen LogP contribution in [-0.4, -0.2) is 42.8 Å². The van der Waals surface area contributed by atoms with Crippen molar-refractivity contribution in [3.05, 3.63) is 0 Å². The van der Waals surface area contributed by atoms with E-state index in [2.05, 4.69) is 0 Å². The van der Waals surface area contributed by atoms with Crippen LogP contribution in [0.25, 0.3) is 0 Å². The number of rotatable bonds is 1. The van der Waals surface area contributed by atoms with Crippen LogP contribution in [0, 0.1) is 11.8 Å². The molecule has 0 aromatic rings. The third-order valence-corrected chi connectivity index (χ3v) is 3.11. The molecule has 0 unspecified atom stereocenters. The molecule has 0 N–H and O–H groups in total. The quantitative estimate of drug-likeness (QED) is 0.675. The molecule has 0 bridgehead atoms. The minimum atomic E-state index is -0.513. The first-order valence-corrected chi connectivity index (χ1v) is 6.30. The van der Waals surface area contributed by atoms with Gasteiger partial charge in [0.1, 0.15) is 5.60 Å². The van der Waals surface area contributed by atoms with Gasteiger partial charge >= 0.3 is 12.1 Å². The molecule has 104 valence electrons. The van der Waals surface area contributed by atoms with Crippen LogP contribution in [0.4, 0.5) is 4.79 Å². The standard InChI is InChI=1S/C13H23NO4/c1-9-6-7-14(8-10(9)11(15)17-5)12(16)18-13(2,3)4/h9-10H,6-8H2,1-5H3/t9-,10-/m0/s1. The van der Waals surface area contributed by atoms with Gasteiger partial charge in [-0.15, -0.1) is 0 Å². The summed E-state index contributed by atoms with van der Waals surface area (Å²) in [6.45, 7) is 8.50. The van der Waals surface area contributed by atoms with Gasteiger partial charge in [0.05, 0.1) is 13.0 Å². The van der Waals surface area contributed by atoms with Crippen molar-refractivity contribution in [2.45, 2.75) is 39.7 Å². The van der Waals surface area contributed by atoms with Gasteiger partial charge in [-0.25, -0.2) is 4.79 Å². The maximum atomic E-state index is 11.9. The molecule has 5 nitrogen and oxygen atoms in total. The number of esters is 1. The fraction of sp³-hybridized carbons (Fsp3) is 0.846. The van der Waals surface area contributed by atoms with Crippen LogP contribution < -0.4 is 0 Å². The van der Waals surface area contributed by atoms with Crippen LogP contribution in [-0.2, 0) is 14.3 Å². The molecular weight excluding hydrogens is 234 g/mol. The highest BCUT2D eigenvalue weighted by Crippen LogP contribution is 2.25. The third kappa shape index (κ3) is 3.89. The summed E-state index contributed by atoms with van der Waals surface area (Å²) in [6, 6.07) is 0. The second-order valence-electron chi connectivity index (χ2n) is 5.82. The Hall–Kier alpha value is -1.26. The molecule has 0 aromatic heterocycles. The number of amides is 1.